The maximum Gasteiger partial charge on any atom is 0.303 e. The van der Waals surface area contributed by atoms with Crippen molar-refractivity contribution in [3.63, 3.8) is 0 Å². The lowest BCUT2D eigenvalue weighted by Crippen LogP contribution is -2.23. The number of benzene rings is 1. The van der Waals surface area contributed by atoms with Crippen molar-refractivity contribution in [1.29, 1.82) is 0 Å². The van der Waals surface area contributed by atoms with Crippen LogP contribution in [0.3, 0.4) is 0 Å². The number of hydrogen-bond donors (Lipinski definition) is 2. The van der Waals surface area contributed by atoms with E-state index in [-0.39, 0.29) is 6.42 Å². The minimum atomic E-state index is -0.744. The summed E-state index contributed by atoms with van der Waals surface area (Å²) in [7, 11) is 0. The van der Waals surface area contributed by atoms with Crippen LogP contribution in [0.2, 0.25) is 0 Å². The molecule has 1 aromatic carbocycles. The molecule has 2 N–H and O–H groups in total. The number of carboxylic acid groups (broad SMARTS) is 1. The van der Waals surface area contributed by atoms with Crippen LogP contribution in [0.15, 0.2) is 29.8 Å². The van der Waals surface area contributed by atoms with Crippen LogP contribution in [0.25, 0.3) is 6.08 Å². The van der Waals surface area contributed by atoms with Gasteiger partial charge in [0.05, 0.1) is 0 Å². The minimum absolute atomic E-state index is 0.214. The fourth-order valence-electron chi connectivity index (χ4n) is 1.88. The number of carboxylic acids is 1. The Labute approximate surface area is 106 Å². The summed E-state index contributed by atoms with van der Waals surface area (Å²) in [6.07, 6.45) is 2.99. The van der Waals surface area contributed by atoms with E-state index in [0.29, 0.717) is 19.6 Å². The second kappa shape index (κ2) is 6.21. The van der Waals surface area contributed by atoms with E-state index in [9.17, 15) is 4.79 Å². The van der Waals surface area contributed by atoms with Gasteiger partial charge in [-0.05, 0) is 30.7 Å². The Morgan fingerprint density at radius 2 is 2.22 bits per heavy atom. The van der Waals surface area contributed by atoms with Gasteiger partial charge >= 0.3 is 5.97 Å². The van der Waals surface area contributed by atoms with Crippen molar-refractivity contribution in [2.24, 2.45) is 0 Å². The average molecular weight is 247 g/mol. The van der Waals surface area contributed by atoms with E-state index in [0.717, 1.165) is 17.9 Å². The third kappa shape index (κ3) is 3.60. The molecule has 1 aliphatic heterocycles. The van der Waals surface area contributed by atoms with Crippen LogP contribution >= 0.6 is 0 Å². The smallest absolute Gasteiger partial charge is 0.303 e. The fraction of sp³-hybridized carbons (Fsp3) is 0.357. The Hall–Kier alpha value is -1.81. The maximum atomic E-state index is 10.3. The summed E-state index contributed by atoms with van der Waals surface area (Å²) in [6.45, 7) is 2.06. The molecule has 0 aliphatic carbocycles. The van der Waals surface area contributed by atoms with Gasteiger partial charge in [-0.15, -0.1) is 0 Å². The zero-order valence-corrected chi connectivity index (χ0v) is 10.2. The molecule has 0 unspecified atom stereocenters. The SMILES string of the molecule is O=C(O)CCCNCC1=Cc2ccccc2OC1. The topological polar surface area (TPSA) is 58.6 Å². The zero-order valence-electron chi connectivity index (χ0n) is 10.2. The Morgan fingerprint density at radius 1 is 1.39 bits per heavy atom. The van der Waals surface area contributed by atoms with Gasteiger partial charge < -0.3 is 15.2 Å². The van der Waals surface area contributed by atoms with Crippen molar-refractivity contribution in [1.82, 2.24) is 5.32 Å². The van der Waals surface area contributed by atoms with E-state index >= 15 is 0 Å². The van der Waals surface area contributed by atoms with Crippen molar-refractivity contribution < 1.29 is 14.6 Å². The largest absolute Gasteiger partial charge is 0.489 e. The predicted octanol–water partition coefficient (Wildman–Crippen LogP) is 1.92. The molecule has 0 aromatic heterocycles. The van der Waals surface area contributed by atoms with Crippen molar-refractivity contribution in [2.75, 3.05) is 19.7 Å². The summed E-state index contributed by atoms with van der Waals surface area (Å²) in [5.74, 6) is 0.179. The maximum absolute atomic E-state index is 10.3. The quantitative estimate of drug-likeness (QED) is 0.754. The summed E-state index contributed by atoms with van der Waals surface area (Å²) in [6, 6.07) is 7.94. The number of fused-ring (bicyclic) bond motifs is 1. The highest BCUT2D eigenvalue weighted by Gasteiger charge is 2.09. The van der Waals surface area contributed by atoms with E-state index in [2.05, 4.69) is 11.4 Å². The predicted molar refractivity (Wildman–Crippen MR) is 69.7 cm³/mol. The standard InChI is InChI=1S/C14H17NO3/c16-14(17)6-3-7-15-9-11-8-12-4-1-2-5-13(12)18-10-11/h1-2,4-5,8,15H,3,6-7,9-10H2,(H,16,17). The summed E-state index contributed by atoms with van der Waals surface area (Å²) in [4.78, 5) is 10.3. The van der Waals surface area contributed by atoms with Crippen LogP contribution in [0.5, 0.6) is 5.75 Å². The Bertz CT molecular complexity index is 454. The van der Waals surface area contributed by atoms with Crippen LogP contribution < -0.4 is 10.1 Å². The molecule has 0 fully saturated rings. The summed E-state index contributed by atoms with van der Waals surface area (Å²) in [5.41, 5.74) is 2.29. The zero-order chi connectivity index (χ0) is 12.8. The lowest BCUT2D eigenvalue weighted by molar-refractivity contribution is -0.137. The summed E-state index contributed by atoms with van der Waals surface area (Å²) < 4.78 is 5.63. The third-order valence-electron chi connectivity index (χ3n) is 2.79. The Morgan fingerprint density at radius 3 is 3.06 bits per heavy atom. The van der Waals surface area contributed by atoms with E-state index in [1.54, 1.807) is 0 Å². The lowest BCUT2D eigenvalue weighted by atomic mass is 10.1. The molecular formula is C14H17NO3. The van der Waals surface area contributed by atoms with Gasteiger partial charge in [-0.1, -0.05) is 18.2 Å². The molecule has 0 amide bonds. The molecule has 1 aliphatic rings. The number of nitrogens with one attached hydrogen (secondary N) is 1. The Balaban J connectivity index is 1.78. The van der Waals surface area contributed by atoms with E-state index < -0.39 is 5.97 Å². The Kier molecular flexibility index (Phi) is 4.36. The van der Waals surface area contributed by atoms with E-state index in [4.69, 9.17) is 9.84 Å². The molecule has 0 radical (unpaired) electrons. The first kappa shape index (κ1) is 12.6. The lowest BCUT2D eigenvalue weighted by Gasteiger charge is -2.18. The molecular weight excluding hydrogens is 230 g/mol. The van der Waals surface area contributed by atoms with E-state index in [1.165, 1.54) is 5.57 Å². The fourth-order valence-corrected chi connectivity index (χ4v) is 1.88. The van der Waals surface area contributed by atoms with Crippen molar-refractivity contribution in [2.45, 2.75) is 12.8 Å². The second-order valence-electron chi connectivity index (χ2n) is 4.30. The first-order valence-corrected chi connectivity index (χ1v) is 6.09. The summed E-state index contributed by atoms with van der Waals surface area (Å²) >= 11 is 0. The van der Waals surface area contributed by atoms with E-state index in [1.807, 2.05) is 24.3 Å². The second-order valence-corrected chi connectivity index (χ2v) is 4.30. The minimum Gasteiger partial charge on any atom is -0.489 e. The molecule has 4 heteroatoms. The number of aliphatic carboxylic acids is 1. The molecule has 2 rings (SSSR count). The van der Waals surface area contributed by atoms with Gasteiger partial charge in [-0.25, -0.2) is 0 Å². The highest BCUT2D eigenvalue weighted by molar-refractivity contribution is 5.66. The molecule has 1 heterocycles. The van der Waals surface area contributed by atoms with Gasteiger partial charge in [-0.3, -0.25) is 4.79 Å². The molecule has 0 spiro atoms. The third-order valence-corrected chi connectivity index (χ3v) is 2.79. The molecule has 0 saturated heterocycles. The summed E-state index contributed by atoms with van der Waals surface area (Å²) in [5, 5.41) is 11.7. The van der Waals surface area contributed by atoms with Crippen molar-refractivity contribution >= 4 is 12.0 Å². The molecule has 0 atom stereocenters. The normalized spacial score (nSPS) is 13.4. The van der Waals surface area contributed by atoms with Crippen LogP contribution in [0, 0.1) is 0 Å². The van der Waals surface area contributed by atoms with Crippen LogP contribution in [0.1, 0.15) is 18.4 Å². The first-order chi connectivity index (χ1) is 8.75. The number of rotatable bonds is 6. The molecule has 4 nitrogen and oxygen atoms in total. The van der Waals surface area contributed by atoms with Crippen molar-refractivity contribution in [3.05, 3.63) is 35.4 Å². The average Bonchev–Trinajstić information content (AvgIpc) is 2.38. The number of hydrogen-bond acceptors (Lipinski definition) is 3. The van der Waals surface area contributed by atoms with Crippen LogP contribution in [0.4, 0.5) is 0 Å². The van der Waals surface area contributed by atoms with Gasteiger partial charge in [-0.2, -0.15) is 0 Å². The number of para-hydroxylation sites is 1. The monoisotopic (exact) mass is 247 g/mol. The van der Waals surface area contributed by atoms with Crippen molar-refractivity contribution in [3.8, 4) is 5.75 Å². The molecule has 0 bridgehead atoms. The molecule has 96 valence electrons. The highest BCUT2D eigenvalue weighted by atomic mass is 16.5. The van der Waals surface area contributed by atoms with Crippen LogP contribution in [-0.2, 0) is 4.79 Å². The van der Waals surface area contributed by atoms with Gasteiger partial charge in [0.15, 0.2) is 0 Å². The van der Waals surface area contributed by atoms with Crippen LogP contribution in [-0.4, -0.2) is 30.8 Å². The van der Waals surface area contributed by atoms with Gasteiger partial charge in [0.2, 0.25) is 0 Å². The van der Waals surface area contributed by atoms with Gasteiger partial charge in [0.1, 0.15) is 12.4 Å². The molecule has 0 saturated carbocycles. The van der Waals surface area contributed by atoms with Gasteiger partial charge in [0, 0.05) is 18.5 Å². The molecule has 18 heavy (non-hydrogen) atoms. The molecule has 1 aromatic rings. The highest BCUT2D eigenvalue weighted by Crippen LogP contribution is 2.25. The number of ether oxygens (including phenoxy) is 1. The van der Waals surface area contributed by atoms with Gasteiger partial charge in [0.25, 0.3) is 0 Å². The first-order valence-electron chi connectivity index (χ1n) is 6.09. The number of carbonyl (C=O) groups is 1.